The number of anilines is 1. The molecule has 0 aliphatic heterocycles. The zero-order chi connectivity index (χ0) is 14.4. The van der Waals surface area contributed by atoms with E-state index in [9.17, 15) is 9.59 Å². The maximum Gasteiger partial charge on any atom is 0.338 e. The molecule has 2 amide bonds. The molecule has 0 atom stereocenters. The Morgan fingerprint density at radius 3 is 2.50 bits per heavy atom. The molecule has 20 heavy (non-hydrogen) atoms. The predicted octanol–water partition coefficient (Wildman–Crippen LogP) is 1.77. The van der Waals surface area contributed by atoms with Crippen LogP contribution in [0.25, 0.3) is 0 Å². The first kappa shape index (κ1) is 14.3. The van der Waals surface area contributed by atoms with Crippen molar-refractivity contribution in [3.63, 3.8) is 0 Å². The second-order valence-corrected chi connectivity index (χ2v) is 4.58. The summed E-state index contributed by atoms with van der Waals surface area (Å²) in [6.45, 7) is 0.589. The van der Waals surface area contributed by atoms with Crippen LogP contribution in [0, 0.1) is 0 Å². The van der Waals surface area contributed by atoms with E-state index in [2.05, 4.69) is 10.6 Å². The molecule has 108 valence electrons. The Morgan fingerprint density at radius 1 is 1.20 bits per heavy atom. The van der Waals surface area contributed by atoms with Crippen molar-refractivity contribution in [2.75, 3.05) is 25.6 Å². The van der Waals surface area contributed by atoms with Gasteiger partial charge in [0, 0.05) is 18.8 Å². The van der Waals surface area contributed by atoms with E-state index < -0.39 is 5.97 Å². The van der Waals surface area contributed by atoms with Gasteiger partial charge in [0.1, 0.15) is 6.61 Å². The Labute approximate surface area is 117 Å². The van der Waals surface area contributed by atoms with Crippen molar-refractivity contribution < 1.29 is 19.1 Å². The van der Waals surface area contributed by atoms with Gasteiger partial charge in [-0.05, 0) is 37.1 Å². The van der Waals surface area contributed by atoms with E-state index in [0.717, 1.165) is 12.8 Å². The van der Waals surface area contributed by atoms with Gasteiger partial charge in [0.2, 0.25) is 0 Å². The van der Waals surface area contributed by atoms with Crippen molar-refractivity contribution in [1.82, 2.24) is 5.32 Å². The Hall–Kier alpha value is -2.08. The number of nitrogens with one attached hydrogen (secondary N) is 2. The molecule has 0 saturated heterocycles. The van der Waals surface area contributed by atoms with Gasteiger partial charge in [0.25, 0.3) is 0 Å². The van der Waals surface area contributed by atoms with E-state index in [0.29, 0.717) is 23.9 Å². The minimum atomic E-state index is -0.406. The number of hydrogen-bond donors (Lipinski definition) is 2. The van der Waals surface area contributed by atoms with Crippen LogP contribution in [0.4, 0.5) is 10.5 Å². The molecule has 1 aliphatic carbocycles. The average molecular weight is 278 g/mol. The zero-order valence-corrected chi connectivity index (χ0v) is 11.3. The molecular weight excluding hydrogens is 260 g/mol. The summed E-state index contributed by atoms with van der Waals surface area (Å²) in [5.74, 6) is -0.406. The minimum absolute atomic E-state index is 0.220. The van der Waals surface area contributed by atoms with E-state index in [-0.39, 0.29) is 12.6 Å². The van der Waals surface area contributed by atoms with Gasteiger partial charge in [-0.25, -0.2) is 9.59 Å². The van der Waals surface area contributed by atoms with Crippen molar-refractivity contribution in [3.8, 4) is 0 Å². The second-order valence-electron chi connectivity index (χ2n) is 4.58. The van der Waals surface area contributed by atoms with Crippen LogP contribution < -0.4 is 10.6 Å². The lowest BCUT2D eigenvalue weighted by molar-refractivity contribution is 0.0388. The van der Waals surface area contributed by atoms with Gasteiger partial charge < -0.3 is 20.1 Å². The maximum atomic E-state index is 11.6. The third-order valence-electron chi connectivity index (χ3n) is 2.81. The van der Waals surface area contributed by atoms with Crippen molar-refractivity contribution in [1.29, 1.82) is 0 Å². The van der Waals surface area contributed by atoms with Gasteiger partial charge in [-0.15, -0.1) is 0 Å². The van der Waals surface area contributed by atoms with Crippen molar-refractivity contribution in [2.45, 2.75) is 18.9 Å². The number of benzene rings is 1. The van der Waals surface area contributed by atoms with E-state index in [1.807, 2.05) is 0 Å². The summed E-state index contributed by atoms with van der Waals surface area (Å²) in [6, 6.07) is 6.65. The molecule has 2 N–H and O–H groups in total. The number of ether oxygens (including phenoxy) is 2. The zero-order valence-electron chi connectivity index (χ0n) is 11.3. The first-order chi connectivity index (χ1) is 9.69. The molecule has 1 saturated carbocycles. The number of urea groups is 1. The van der Waals surface area contributed by atoms with Gasteiger partial charge >= 0.3 is 12.0 Å². The van der Waals surface area contributed by atoms with Crippen LogP contribution in [0.5, 0.6) is 0 Å². The van der Waals surface area contributed by atoms with Gasteiger partial charge in [-0.2, -0.15) is 0 Å². The Morgan fingerprint density at radius 2 is 1.90 bits per heavy atom. The van der Waals surface area contributed by atoms with E-state index in [1.54, 1.807) is 31.4 Å². The van der Waals surface area contributed by atoms with Gasteiger partial charge in [0.15, 0.2) is 0 Å². The van der Waals surface area contributed by atoms with E-state index in [1.165, 1.54) is 0 Å². The second kappa shape index (κ2) is 6.91. The van der Waals surface area contributed by atoms with Crippen LogP contribution in [0.1, 0.15) is 23.2 Å². The van der Waals surface area contributed by atoms with Crippen molar-refractivity contribution in [3.05, 3.63) is 29.8 Å². The molecule has 0 spiro atoms. The fraction of sp³-hybridized carbons (Fsp3) is 0.429. The van der Waals surface area contributed by atoms with Crippen molar-refractivity contribution in [2.24, 2.45) is 0 Å². The lowest BCUT2D eigenvalue weighted by atomic mass is 10.2. The number of carbonyl (C=O) groups excluding carboxylic acids is 2. The smallest absolute Gasteiger partial charge is 0.338 e. The molecular formula is C14H18N2O4. The molecule has 6 heteroatoms. The van der Waals surface area contributed by atoms with Crippen LogP contribution >= 0.6 is 0 Å². The monoisotopic (exact) mass is 278 g/mol. The lowest BCUT2D eigenvalue weighted by Crippen LogP contribution is -2.30. The maximum absolute atomic E-state index is 11.6. The van der Waals surface area contributed by atoms with Crippen LogP contribution in [-0.2, 0) is 9.47 Å². The number of rotatable bonds is 6. The molecule has 0 radical (unpaired) electrons. The number of carbonyl (C=O) groups is 2. The summed E-state index contributed by atoms with van der Waals surface area (Å²) < 4.78 is 9.78. The van der Waals surface area contributed by atoms with Crippen LogP contribution in [0.15, 0.2) is 24.3 Å². The predicted molar refractivity (Wildman–Crippen MR) is 73.8 cm³/mol. The molecule has 0 heterocycles. The molecule has 0 aromatic heterocycles. The standard InChI is InChI=1S/C14H18N2O4/c1-19-8-9-20-13(17)10-2-4-11(5-3-10)15-14(18)16-12-6-7-12/h2-5,12H,6-9H2,1H3,(H2,15,16,18). The Bertz CT molecular complexity index is 469. The normalized spacial score (nSPS) is 13.7. The Kier molecular flexibility index (Phi) is 4.95. The van der Waals surface area contributed by atoms with Gasteiger partial charge in [0.05, 0.1) is 12.2 Å². The van der Waals surface area contributed by atoms with Crippen LogP contribution in [-0.4, -0.2) is 38.4 Å². The molecule has 0 unspecified atom stereocenters. The first-order valence-electron chi connectivity index (χ1n) is 6.52. The fourth-order valence-corrected chi connectivity index (χ4v) is 1.57. The molecule has 1 aliphatic rings. The van der Waals surface area contributed by atoms with Crippen LogP contribution in [0.3, 0.4) is 0 Å². The summed E-state index contributed by atoms with van der Waals surface area (Å²) in [5.41, 5.74) is 1.07. The summed E-state index contributed by atoms with van der Waals surface area (Å²) in [7, 11) is 1.54. The molecule has 6 nitrogen and oxygen atoms in total. The largest absolute Gasteiger partial charge is 0.460 e. The third-order valence-corrected chi connectivity index (χ3v) is 2.81. The third kappa shape index (κ3) is 4.55. The highest BCUT2D eigenvalue weighted by atomic mass is 16.6. The highest BCUT2D eigenvalue weighted by Gasteiger charge is 2.23. The number of hydrogen-bond acceptors (Lipinski definition) is 4. The highest BCUT2D eigenvalue weighted by Crippen LogP contribution is 2.19. The molecule has 1 aromatic rings. The highest BCUT2D eigenvalue weighted by molar-refractivity contribution is 5.92. The van der Waals surface area contributed by atoms with Gasteiger partial charge in [-0.1, -0.05) is 0 Å². The summed E-state index contributed by atoms with van der Waals surface area (Å²) >= 11 is 0. The van der Waals surface area contributed by atoms with E-state index in [4.69, 9.17) is 9.47 Å². The SMILES string of the molecule is COCCOC(=O)c1ccc(NC(=O)NC2CC2)cc1. The van der Waals surface area contributed by atoms with Crippen LogP contribution in [0.2, 0.25) is 0 Å². The number of esters is 1. The van der Waals surface area contributed by atoms with Gasteiger partial charge in [-0.3, -0.25) is 0 Å². The fourth-order valence-electron chi connectivity index (χ4n) is 1.57. The number of methoxy groups -OCH3 is 1. The molecule has 0 bridgehead atoms. The average Bonchev–Trinajstić information content (AvgIpc) is 3.23. The molecule has 1 fully saturated rings. The topological polar surface area (TPSA) is 76.7 Å². The molecule has 2 rings (SSSR count). The summed E-state index contributed by atoms with van der Waals surface area (Å²) in [5, 5.41) is 5.53. The summed E-state index contributed by atoms with van der Waals surface area (Å²) in [6.07, 6.45) is 2.08. The first-order valence-corrected chi connectivity index (χ1v) is 6.52. The van der Waals surface area contributed by atoms with E-state index >= 15 is 0 Å². The minimum Gasteiger partial charge on any atom is -0.460 e. The summed E-state index contributed by atoms with van der Waals surface area (Å²) in [4.78, 5) is 23.2. The Balaban J connectivity index is 1.82. The molecule has 1 aromatic carbocycles. The van der Waals surface area contributed by atoms with Crippen molar-refractivity contribution >= 4 is 17.7 Å². The quantitative estimate of drug-likeness (QED) is 0.614. The lowest BCUT2D eigenvalue weighted by Gasteiger charge is -2.07. The number of amides is 2.